The third-order valence-corrected chi connectivity index (χ3v) is 5.70. The number of aryl methyl sites for hydroxylation is 1. The Bertz CT molecular complexity index is 1070. The van der Waals surface area contributed by atoms with Crippen LogP contribution in [0.3, 0.4) is 0 Å². The highest BCUT2D eigenvalue weighted by molar-refractivity contribution is 9.10. The Morgan fingerprint density at radius 2 is 1.88 bits per heavy atom. The lowest BCUT2D eigenvalue weighted by Crippen LogP contribution is -2.18. The van der Waals surface area contributed by atoms with Gasteiger partial charge in [-0.1, -0.05) is 28.1 Å². The fourth-order valence-corrected chi connectivity index (χ4v) is 3.79. The molecule has 0 saturated heterocycles. The predicted molar refractivity (Wildman–Crippen MR) is 130 cm³/mol. The van der Waals surface area contributed by atoms with Gasteiger partial charge >= 0.3 is 0 Å². The minimum Gasteiger partial charge on any atom is -0.494 e. The van der Waals surface area contributed by atoms with Crippen molar-refractivity contribution in [1.29, 1.82) is 0 Å². The molecule has 0 aliphatic carbocycles. The predicted octanol–water partition coefficient (Wildman–Crippen LogP) is 5.22. The summed E-state index contributed by atoms with van der Waals surface area (Å²) in [7, 11) is 0. The number of carbonyl (C=O) groups excluding carboxylic acids is 1. The highest BCUT2D eigenvalue weighted by Crippen LogP contribution is 2.22. The first-order valence-electron chi connectivity index (χ1n) is 10.6. The zero-order valence-electron chi connectivity index (χ0n) is 18.5. The van der Waals surface area contributed by atoms with E-state index in [4.69, 9.17) is 4.74 Å². The number of ether oxygens (including phenoxy) is 1. The van der Waals surface area contributed by atoms with Gasteiger partial charge in [0.2, 0.25) is 5.91 Å². The van der Waals surface area contributed by atoms with Gasteiger partial charge in [-0.05, 0) is 75.2 Å². The molecular formula is C25H28BrN3O3. The number of benzene rings is 2. The van der Waals surface area contributed by atoms with Crippen molar-refractivity contribution >= 4 is 28.1 Å². The van der Waals surface area contributed by atoms with Gasteiger partial charge < -0.3 is 14.4 Å². The molecular weight excluding hydrogens is 470 g/mol. The molecule has 3 aromatic rings. The molecule has 0 spiro atoms. The number of aromatic nitrogens is 1. The smallest absolute Gasteiger partial charge is 0.240 e. The molecule has 0 aliphatic rings. The van der Waals surface area contributed by atoms with Crippen LogP contribution in [0.4, 0.5) is 0 Å². The molecule has 1 atom stereocenters. The van der Waals surface area contributed by atoms with Crippen molar-refractivity contribution in [2.45, 2.75) is 39.7 Å². The Labute approximate surface area is 197 Å². The summed E-state index contributed by atoms with van der Waals surface area (Å²) in [5.74, 6) is 0.517. The van der Waals surface area contributed by atoms with Gasteiger partial charge in [-0.25, -0.2) is 5.43 Å². The Hall–Kier alpha value is -2.90. The van der Waals surface area contributed by atoms with Crippen molar-refractivity contribution in [2.75, 3.05) is 6.61 Å². The molecule has 168 valence electrons. The standard InChI is InChI=1S/C25H28BrN3O3/c1-4-32-23-11-5-19(6-12-23)24(30)13-14-25(31)28-27-16-20-15-17(2)29(18(20)3)22-9-7-21(26)8-10-22/h5-12,15-16,24,30H,4,13-14H2,1-3H3,(H,28,31)/b27-16-/t24-/m1/s1. The van der Waals surface area contributed by atoms with Crippen molar-refractivity contribution in [1.82, 2.24) is 9.99 Å². The van der Waals surface area contributed by atoms with Crippen molar-refractivity contribution < 1.29 is 14.6 Å². The van der Waals surface area contributed by atoms with Gasteiger partial charge in [0, 0.05) is 33.5 Å². The molecule has 2 N–H and O–H groups in total. The number of nitrogens with zero attached hydrogens (tertiary/aromatic N) is 2. The maximum Gasteiger partial charge on any atom is 0.240 e. The molecule has 2 aromatic carbocycles. The Kier molecular flexibility index (Phi) is 8.25. The molecule has 6 nitrogen and oxygen atoms in total. The number of hydrogen-bond donors (Lipinski definition) is 2. The summed E-state index contributed by atoms with van der Waals surface area (Å²) in [6, 6.07) is 17.4. The average Bonchev–Trinajstić information content (AvgIpc) is 3.06. The highest BCUT2D eigenvalue weighted by Gasteiger charge is 2.12. The highest BCUT2D eigenvalue weighted by atomic mass is 79.9. The average molecular weight is 498 g/mol. The SMILES string of the molecule is CCOc1ccc([C@H](O)CCC(=O)N/N=C\c2cc(C)n(-c3ccc(Br)cc3)c2C)cc1. The number of amides is 1. The lowest BCUT2D eigenvalue weighted by Gasteiger charge is -2.11. The lowest BCUT2D eigenvalue weighted by atomic mass is 10.0. The van der Waals surface area contributed by atoms with Gasteiger partial charge in [-0.15, -0.1) is 0 Å². The van der Waals surface area contributed by atoms with Gasteiger partial charge in [-0.2, -0.15) is 5.10 Å². The quantitative estimate of drug-likeness (QED) is 0.314. The third kappa shape index (κ3) is 6.08. The number of hydrazone groups is 1. The van der Waals surface area contributed by atoms with Crippen LogP contribution in [0.2, 0.25) is 0 Å². The fraction of sp³-hybridized carbons (Fsp3) is 0.280. The van der Waals surface area contributed by atoms with Crippen LogP contribution in [0.15, 0.2) is 64.2 Å². The van der Waals surface area contributed by atoms with E-state index >= 15 is 0 Å². The molecule has 3 rings (SSSR count). The van der Waals surface area contributed by atoms with Crippen LogP contribution in [0.25, 0.3) is 5.69 Å². The molecule has 1 amide bonds. The second kappa shape index (κ2) is 11.1. The van der Waals surface area contributed by atoms with Crippen LogP contribution in [-0.4, -0.2) is 28.4 Å². The zero-order chi connectivity index (χ0) is 23.1. The van der Waals surface area contributed by atoms with E-state index in [0.717, 1.165) is 38.4 Å². The molecule has 0 fully saturated rings. The van der Waals surface area contributed by atoms with E-state index in [1.54, 1.807) is 6.21 Å². The van der Waals surface area contributed by atoms with Gasteiger partial charge in [-0.3, -0.25) is 4.79 Å². The van der Waals surface area contributed by atoms with Crippen LogP contribution in [0, 0.1) is 13.8 Å². The number of aliphatic hydroxyl groups excluding tert-OH is 1. The first-order valence-corrected chi connectivity index (χ1v) is 11.4. The van der Waals surface area contributed by atoms with E-state index in [2.05, 4.69) is 31.0 Å². The largest absolute Gasteiger partial charge is 0.494 e. The molecule has 32 heavy (non-hydrogen) atoms. The Morgan fingerprint density at radius 1 is 1.19 bits per heavy atom. The molecule has 1 aromatic heterocycles. The summed E-state index contributed by atoms with van der Waals surface area (Å²) in [6.07, 6.45) is 1.42. The maximum atomic E-state index is 12.2. The number of nitrogens with one attached hydrogen (secondary N) is 1. The van der Waals surface area contributed by atoms with Crippen LogP contribution < -0.4 is 10.2 Å². The van der Waals surface area contributed by atoms with E-state index < -0.39 is 6.10 Å². The summed E-state index contributed by atoms with van der Waals surface area (Å²) in [6.45, 7) is 6.57. The molecule has 0 aliphatic heterocycles. The first-order chi connectivity index (χ1) is 15.4. The van der Waals surface area contributed by atoms with Crippen LogP contribution in [-0.2, 0) is 4.79 Å². The van der Waals surface area contributed by atoms with Crippen molar-refractivity contribution in [2.24, 2.45) is 5.10 Å². The summed E-state index contributed by atoms with van der Waals surface area (Å²) in [5.41, 5.74) is 7.42. The molecule has 0 bridgehead atoms. The van der Waals surface area contributed by atoms with Gasteiger partial charge in [0.1, 0.15) is 5.75 Å². The number of aliphatic hydroxyl groups is 1. The second-order valence-corrected chi connectivity index (χ2v) is 8.40. The van der Waals surface area contributed by atoms with Crippen molar-refractivity contribution in [3.05, 3.63) is 81.6 Å². The monoisotopic (exact) mass is 497 g/mol. The van der Waals surface area contributed by atoms with E-state index in [9.17, 15) is 9.90 Å². The van der Waals surface area contributed by atoms with Crippen LogP contribution in [0.1, 0.15) is 48.4 Å². The van der Waals surface area contributed by atoms with Gasteiger partial charge in [0.15, 0.2) is 0 Å². The lowest BCUT2D eigenvalue weighted by molar-refractivity contribution is -0.121. The molecule has 7 heteroatoms. The van der Waals surface area contributed by atoms with Crippen LogP contribution in [0.5, 0.6) is 5.75 Å². The Morgan fingerprint density at radius 3 is 2.53 bits per heavy atom. The maximum absolute atomic E-state index is 12.2. The van der Waals surface area contributed by atoms with Gasteiger partial charge in [0.05, 0.1) is 18.9 Å². The minimum atomic E-state index is -0.717. The molecule has 0 radical (unpaired) electrons. The normalized spacial score (nSPS) is 12.2. The summed E-state index contributed by atoms with van der Waals surface area (Å²) in [4.78, 5) is 12.2. The summed E-state index contributed by atoms with van der Waals surface area (Å²) in [5, 5.41) is 14.4. The number of halogens is 1. The first kappa shape index (κ1) is 23.8. The number of rotatable bonds is 9. The van der Waals surface area contributed by atoms with E-state index in [1.807, 2.05) is 75.4 Å². The molecule has 0 saturated carbocycles. The fourth-order valence-electron chi connectivity index (χ4n) is 3.52. The summed E-state index contributed by atoms with van der Waals surface area (Å²) >= 11 is 3.46. The third-order valence-electron chi connectivity index (χ3n) is 5.17. The minimum absolute atomic E-state index is 0.170. The van der Waals surface area contributed by atoms with Crippen molar-refractivity contribution in [3.63, 3.8) is 0 Å². The Balaban J connectivity index is 1.54. The van der Waals surface area contributed by atoms with Gasteiger partial charge in [0.25, 0.3) is 0 Å². The number of hydrogen-bond acceptors (Lipinski definition) is 4. The van der Waals surface area contributed by atoms with E-state index in [1.165, 1.54) is 0 Å². The van der Waals surface area contributed by atoms with E-state index in [0.29, 0.717) is 13.0 Å². The van der Waals surface area contributed by atoms with Crippen molar-refractivity contribution in [3.8, 4) is 11.4 Å². The van der Waals surface area contributed by atoms with E-state index in [-0.39, 0.29) is 12.3 Å². The zero-order valence-corrected chi connectivity index (χ0v) is 20.1. The second-order valence-electron chi connectivity index (χ2n) is 7.49. The molecule has 1 heterocycles. The number of carbonyl (C=O) groups is 1. The van der Waals surface area contributed by atoms with Crippen LogP contribution >= 0.6 is 15.9 Å². The molecule has 0 unspecified atom stereocenters. The topological polar surface area (TPSA) is 75.8 Å². The summed E-state index contributed by atoms with van der Waals surface area (Å²) < 4.78 is 8.57.